The second-order valence-electron chi connectivity index (χ2n) is 7.37. The lowest BCUT2D eigenvalue weighted by Crippen LogP contribution is -2.43. The minimum Gasteiger partial charge on any atom is -0.497 e. The van der Waals surface area contributed by atoms with Crippen molar-refractivity contribution in [1.29, 1.82) is 0 Å². The molecular formula is C22H29N5O3S. The number of piperidine rings is 1. The number of hydrogen-bond acceptors (Lipinski definition) is 7. The summed E-state index contributed by atoms with van der Waals surface area (Å²) in [5.41, 5.74) is 0.689. The molecule has 2 heterocycles. The van der Waals surface area contributed by atoms with E-state index in [4.69, 9.17) is 4.74 Å². The van der Waals surface area contributed by atoms with Gasteiger partial charge in [-0.2, -0.15) is 0 Å². The fourth-order valence-corrected chi connectivity index (χ4v) is 4.00. The Morgan fingerprint density at radius 2 is 2.13 bits per heavy atom. The molecule has 166 valence electrons. The Hall–Kier alpha value is -2.81. The van der Waals surface area contributed by atoms with E-state index in [0.717, 1.165) is 31.6 Å². The number of carbonyl (C=O) groups excluding carboxylic acids is 2. The van der Waals surface area contributed by atoms with Gasteiger partial charge in [-0.05, 0) is 43.5 Å². The van der Waals surface area contributed by atoms with Gasteiger partial charge in [0.25, 0.3) is 0 Å². The summed E-state index contributed by atoms with van der Waals surface area (Å²) in [6.07, 6.45) is 2.78. The molecule has 0 spiro atoms. The molecule has 0 radical (unpaired) electrons. The van der Waals surface area contributed by atoms with Gasteiger partial charge >= 0.3 is 0 Å². The summed E-state index contributed by atoms with van der Waals surface area (Å²) in [5.74, 6) is 1.66. The van der Waals surface area contributed by atoms with Gasteiger partial charge in [-0.1, -0.05) is 24.8 Å². The number of amides is 2. The Balaban J connectivity index is 1.49. The fourth-order valence-electron chi connectivity index (χ4n) is 3.39. The summed E-state index contributed by atoms with van der Waals surface area (Å²) in [6, 6.07) is 11.0. The van der Waals surface area contributed by atoms with Crippen LogP contribution in [0.15, 0.2) is 41.4 Å². The van der Waals surface area contributed by atoms with Crippen LogP contribution in [0.2, 0.25) is 0 Å². The van der Waals surface area contributed by atoms with E-state index in [9.17, 15) is 9.59 Å². The Labute approximate surface area is 187 Å². The van der Waals surface area contributed by atoms with Gasteiger partial charge in [-0.25, -0.2) is 0 Å². The number of anilines is 2. The van der Waals surface area contributed by atoms with Crippen molar-refractivity contribution < 1.29 is 14.3 Å². The van der Waals surface area contributed by atoms with Crippen LogP contribution in [0.25, 0.3) is 0 Å². The first-order valence-corrected chi connectivity index (χ1v) is 11.5. The number of hydrogen-bond donors (Lipinski definition) is 2. The van der Waals surface area contributed by atoms with Gasteiger partial charge in [0.1, 0.15) is 10.8 Å². The van der Waals surface area contributed by atoms with Gasteiger partial charge in [-0.15, -0.1) is 10.2 Å². The zero-order valence-corrected chi connectivity index (χ0v) is 18.8. The molecule has 2 aromatic rings. The fraction of sp³-hybridized carbons (Fsp3) is 0.455. The van der Waals surface area contributed by atoms with Crippen molar-refractivity contribution in [2.24, 2.45) is 5.92 Å². The highest BCUT2D eigenvalue weighted by Gasteiger charge is 2.26. The molecule has 1 aromatic carbocycles. The summed E-state index contributed by atoms with van der Waals surface area (Å²) < 4.78 is 5.16. The number of nitrogens with zero attached hydrogens (tertiary/aromatic N) is 3. The third-order valence-corrected chi connectivity index (χ3v) is 5.92. The molecule has 0 unspecified atom stereocenters. The lowest BCUT2D eigenvalue weighted by molar-refractivity contribution is -0.125. The molecule has 2 N–H and O–H groups in total. The Morgan fingerprint density at radius 1 is 1.26 bits per heavy atom. The van der Waals surface area contributed by atoms with Crippen LogP contribution < -0.4 is 20.3 Å². The number of rotatable bonds is 9. The maximum absolute atomic E-state index is 12.3. The Bertz CT molecular complexity index is 878. The Kier molecular flexibility index (Phi) is 8.52. The van der Waals surface area contributed by atoms with Crippen molar-refractivity contribution in [3.8, 4) is 5.75 Å². The lowest BCUT2D eigenvalue weighted by Gasteiger charge is -2.32. The third kappa shape index (κ3) is 6.85. The largest absolute Gasteiger partial charge is 0.497 e. The summed E-state index contributed by atoms with van der Waals surface area (Å²) in [6.45, 7) is 4.28. The molecular weight excluding hydrogens is 414 g/mol. The van der Waals surface area contributed by atoms with E-state index in [2.05, 4.69) is 25.7 Å². The van der Waals surface area contributed by atoms with Crippen LogP contribution in [0, 0.1) is 5.92 Å². The molecule has 0 bridgehead atoms. The molecule has 0 saturated carbocycles. The summed E-state index contributed by atoms with van der Waals surface area (Å²) in [5, 5.41) is 15.1. The number of benzene rings is 1. The normalized spacial score (nSPS) is 15.9. The second kappa shape index (κ2) is 11.5. The third-order valence-electron chi connectivity index (χ3n) is 5.00. The minimum atomic E-state index is -0.124. The number of carbonyl (C=O) groups is 2. The zero-order valence-electron chi connectivity index (χ0n) is 18.0. The average Bonchev–Trinajstić information content (AvgIpc) is 2.81. The molecule has 1 fully saturated rings. The van der Waals surface area contributed by atoms with Gasteiger partial charge in [0.05, 0.1) is 18.8 Å². The molecule has 9 heteroatoms. The van der Waals surface area contributed by atoms with Crippen molar-refractivity contribution in [3.05, 3.63) is 36.4 Å². The molecule has 31 heavy (non-hydrogen) atoms. The van der Waals surface area contributed by atoms with Crippen LogP contribution in [0.3, 0.4) is 0 Å². The first-order valence-electron chi connectivity index (χ1n) is 10.5. The average molecular weight is 444 g/mol. The number of thioether (sulfide) groups is 1. The summed E-state index contributed by atoms with van der Waals surface area (Å²) >= 11 is 1.33. The summed E-state index contributed by atoms with van der Waals surface area (Å²) in [7, 11) is 1.59. The van der Waals surface area contributed by atoms with Crippen molar-refractivity contribution in [1.82, 2.24) is 15.5 Å². The van der Waals surface area contributed by atoms with E-state index in [1.807, 2.05) is 37.3 Å². The predicted molar refractivity (Wildman–Crippen MR) is 123 cm³/mol. The quantitative estimate of drug-likeness (QED) is 0.575. The van der Waals surface area contributed by atoms with Crippen molar-refractivity contribution >= 4 is 35.1 Å². The van der Waals surface area contributed by atoms with Crippen LogP contribution in [0.5, 0.6) is 5.75 Å². The molecule has 1 aliphatic rings. The number of methoxy groups -OCH3 is 1. The van der Waals surface area contributed by atoms with Crippen LogP contribution in [0.4, 0.5) is 11.5 Å². The smallest absolute Gasteiger partial charge is 0.234 e. The van der Waals surface area contributed by atoms with E-state index in [1.165, 1.54) is 11.8 Å². The highest BCUT2D eigenvalue weighted by Crippen LogP contribution is 2.23. The van der Waals surface area contributed by atoms with Crippen LogP contribution in [-0.4, -0.2) is 54.5 Å². The van der Waals surface area contributed by atoms with E-state index < -0.39 is 0 Å². The molecule has 2 amide bonds. The van der Waals surface area contributed by atoms with Gasteiger partial charge in [-0.3, -0.25) is 9.59 Å². The molecule has 3 rings (SSSR count). The maximum Gasteiger partial charge on any atom is 0.234 e. The topological polar surface area (TPSA) is 96.5 Å². The first kappa shape index (κ1) is 22.9. The Morgan fingerprint density at radius 3 is 2.87 bits per heavy atom. The van der Waals surface area contributed by atoms with E-state index in [-0.39, 0.29) is 23.5 Å². The maximum atomic E-state index is 12.3. The highest BCUT2D eigenvalue weighted by molar-refractivity contribution is 7.99. The number of nitrogens with one attached hydrogen (secondary N) is 2. The standard InChI is InChI=1S/C22H29N5O3S/c1-3-11-23-22(29)16-6-5-12-27(14-16)19-9-10-21(26-25-19)31-15-20(28)24-17-7-4-8-18(13-17)30-2/h4,7-10,13,16H,3,5-6,11-12,14-15H2,1-2H3,(H,23,29)(H,24,28)/t16-/m1/s1. The SMILES string of the molecule is CCCNC(=O)[C@@H]1CCCN(c2ccc(SCC(=O)Nc3cccc(OC)c3)nn2)C1. The monoisotopic (exact) mass is 443 g/mol. The van der Waals surface area contributed by atoms with Crippen LogP contribution in [-0.2, 0) is 9.59 Å². The van der Waals surface area contributed by atoms with Crippen molar-refractivity contribution in [3.63, 3.8) is 0 Å². The van der Waals surface area contributed by atoms with Gasteiger partial charge in [0.15, 0.2) is 5.82 Å². The van der Waals surface area contributed by atoms with Crippen LogP contribution in [0.1, 0.15) is 26.2 Å². The van der Waals surface area contributed by atoms with Gasteiger partial charge in [0, 0.05) is 31.4 Å². The molecule has 1 saturated heterocycles. The predicted octanol–water partition coefficient (Wildman–Crippen LogP) is 2.96. The zero-order chi connectivity index (χ0) is 22.1. The minimum absolute atomic E-state index is 0.0172. The number of ether oxygens (including phenoxy) is 1. The van der Waals surface area contributed by atoms with E-state index in [0.29, 0.717) is 29.6 Å². The molecule has 1 aromatic heterocycles. The second-order valence-corrected chi connectivity index (χ2v) is 8.37. The molecule has 1 atom stereocenters. The molecule has 1 aliphatic heterocycles. The first-order chi connectivity index (χ1) is 15.1. The summed E-state index contributed by atoms with van der Waals surface area (Å²) in [4.78, 5) is 26.6. The van der Waals surface area contributed by atoms with Crippen molar-refractivity contribution in [2.75, 3.05) is 42.7 Å². The lowest BCUT2D eigenvalue weighted by atomic mass is 9.97. The molecule has 8 nitrogen and oxygen atoms in total. The van der Waals surface area contributed by atoms with E-state index in [1.54, 1.807) is 13.2 Å². The number of aromatic nitrogens is 2. The van der Waals surface area contributed by atoms with Crippen LogP contribution >= 0.6 is 11.8 Å². The van der Waals surface area contributed by atoms with Gasteiger partial charge < -0.3 is 20.3 Å². The van der Waals surface area contributed by atoms with Crippen molar-refractivity contribution in [2.45, 2.75) is 31.2 Å². The molecule has 0 aliphatic carbocycles. The van der Waals surface area contributed by atoms with E-state index >= 15 is 0 Å². The van der Waals surface area contributed by atoms with Gasteiger partial charge in [0.2, 0.25) is 11.8 Å². The highest BCUT2D eigenvalue weighted by atomic mass is 32.2.